The summed E-state index contributed by atoms with van der Waals surface area (Å²) in [7, 11) is 0. The Labute approximate surface area is 173 Å². The first kappa shape index (κ1) is 19.6. The first-order valence-electron chi connectivity index (χ1n) is 9.61. The number of rotatable bonds is 6. The number of benzene rings is 3. The fraction of sp³-hybridized carbons (Fsp3) is 0.167. The van der Waals surface area contributed by atoms with E-state index in [2.05, 4.69) is 5.32 Å². The topological polar surface area (TPSA) is 75.6 Å². The molecule has 0 saturated carbocycles. The van der Waals surface area contributed by atoms with Crippen molar-refractivity contribution in [2.45, 2.75) is 18.4 Å². The third-order valence-corrected chi connectivity index (χ3v) is 5.27. The smallest absolute Gasteiger partial charge is 0.407 e. The fourth-order valence-corrected chi connectivity index (χ4v) is 3.93. The van der Waals surface area contributed by atoms with Crippen molar-refractivity contribution < 1.29 is 23.8 Å². The highest BCUT2D eigenvalue weighted by Crippen LogP contribution is 2.44. The maximum absolute atomic E-state index is 13.5. The molecule has 1 aliphatic rings. The third-order valence-electron chi connectivity index (χ3n) is 5.27. The minimum atomic E-state index is -1.11. The van der Waals surface area contributed by atoms with Crippen LogP contribution in [0.2, 0.25) is 0 Å². The van der Waals surface area contributed by atoms with E-state index in [0.717, 1.165) is 22.3 Å². The van der Waals surface area contributed by atoms with Gasteiger partial charge in [-0.2, -0.15) is 0 Å². The number of carboxylic acid groups (broad SMARTS) is 1. The van der Waals surface area contributed by atoms with Gasteiger partial charge in [-0.05, 0) is 39.9 Å². The van der Waals surface area contributed by atoms with Gasteiger partial charge < -0.3 is 15.2 Å². The summed E-state index contributed by atoms with van der Waals surface area (Å²) in [6.07, 6.45) is -1.12. The van der Waals surface area contributed by atoms with Crippen LogP contribution in [0.1, 0.15) is 35.1 Å². The lowest BCUT2D eigenvalue weighted by Crippen LogP contribution is -2.31. The van der Waals surface area contributed by atoms with E-state index < -0.39 is 23.9 Å². The second-order valence-electron chi connectivity index (χ2n) is 7.18. The number of hydrogen-bond acceptors (Lipinski definition) is 3. The van der Waals surface area contributed by atoms with Crippen LogP contribution < -0.4 is 5.32 Å². The van der Waals surface area contributed by atoms with E-state index in [0.29, 0.717) is 5.56 Å². The number of ether oxygens (including phenoxy) is 1. The number of aliphatic carboxylic acids is 1. The predicted molar refractivity (Wildman–Crippen MR) is 110 cm³/mol. The largest absolute Gasteiger partial charge is 0.481 e. The predicted octanol–water partition coefficient (Wildman–Crippen LogP) is 4.88. The number of carbonyl (C=O) groups excluding carboxylic acids is 1. The maximum atomic E-state index is 13.5. The molecule has 0 radical (unpaired) electrons. The van der Waals surface area contributed by atoms with Gasteiger partial charge in [0, 0.05) is 5.92 Å². The summed E-state index contributed by atoms with van der Waals surface area (Å²) in [4.78, 5) is 23.7. The van der Waals surface area contributed by atoms with E-state index in [9.17, 15) is 14.0 Å². The molecule has 1 atom stereocenters. The van der Waals surface area contributed by atoms with Crippen molar-refractivity contribution >= 4 is 12.1 Å². The summed E-state index contributed by atoms with van der Waals surface area (Å²) in [6, 6.07) is 20.6. The first-order valence-corrected chi connectivity index (χ1v) is 9.61. The van der Waals surface area contributed by atoms with Gasteiger partial charge in [0.15, 0.2) is 0 Å². The van der Waals surface area contributed by atoms with Gasteiger partial charge >= 0.3 is 12.1 Å². The molecule has 1 amide bonds. The first-order chi connectivity index (χ1) is 14.5. The van der Waals surface area contributed by atoms with E-state index in [-0.39, 0.29) is 18.9 Å². The lowest BCUT2D eigenvalue weighted by atomic mass is 9.98. The normalized spacial score (nSPS) is 13.2. The van der Waals surface area contributed by atoms with Gasteiger partial charge in [0.2, 0.25) is 0 Å². The minimum absolute atomic E-state index is 0.102. The van der Waals surface area contributed by atoms with Crippen molar-refractivity contribution in [3.8, 4) is 11.1 Å². The Hall–Kier alpha value is -3.67. The molecule has 3 aromatic rings. The molecule has 152 valence electrons. The molecule has 2 N–H and O–H groups in total. The van der Waals surface area contributed by atoms with Crippen LogP contribution in [-0.2, 0) is 9.53 Å². The van der Waals surface area contributed by atoms with Crippen LogP contribution in [0.5, 0.6) is 0 Å². The number of halogens is 1. The van der Waals surface area contributed by atoms with Crippen LogP contribution >= 0.6 is 0 Å². The molecule has 30 heavy (non-hydrogen) atoms. The zero-order chi connectivity index (χ0) is 21.1. The lowest BCUT2D eigenvalue weighted by molar-refractivity contribution is -0.137. The van der Waals surface area contributed by atoms with E-state index in [1.54, 1.807) is 6.07 Å². The van der Waals surface area contributed by atoms with E-state index >= 15 is 0 Å². The number of alkyl carbamates (subject to hydrolysis) is 1. The highest BCUT2D eigenvalue weighted by molar-refractivity contribution is 5.79. The van der Waals surface area contributed by atoms with Crippen LogP contribution in [0.15, 0.2) is 72.8 Å². The number of nitrogens with one attached hydrogen (secondary N) is 1. The third kappa shape index (κ3) is 4.03. The highest BCUT2D eigenvalue weighted by atomic mass is 19.1. The summed E-state index contributed by atoms with van der Waals surface area (Å²) in [5.41, 5.74) is 4.76. The van der Waals surface area contributed by atoms with Crippen molar-refractivity contribution in [3.63, 3.8) is 0 Å². The molecule has 6 heteroatoms. The van der Waals surface area contributed by atoms with Crippen molar-refractivity contribution in [1.82, 2.24) is 5.32 Å². The average molecular weight is 405 g/mol. The Morgan fingerprint density at radius 1 is 0.967 bits per heavy atom. The number of carbonyl (C=O) groups is 2. The summed E-state index contributed by atoms with van der Waals surface area (Å²) < 4.78 is 19.0. The Bertz CT molecular complexity index is 1050. The summed E-state index contributed by atoms with van der Waals surface area (Å²) in [5, 5.41) is 11.7. The Kier molecular flexibility index (Phi) is 5.48. The quantitative estimate of drug-likeness (QED) is 0.613. The summed E-state index contributed by atoms with van der Waals surface area (Å²) in [5.74, 6) is -1.71. The Morgan fingerprint density at radius 3 is 2.20 bits per heavy atom. The van der Waals surface area contributed by atoms with Crippen LogP contribution in [0, 0.1) is 5.82 Å². The molecule has 0 aliphatic heterocycles. The molecular weight excluding hydrogens is 385 g/mol. The SMILES string of the molecule is O=C(O)CC(NC(=O)OCC1c2ccccc2-c2ccccc21)c1cccc(F)c1. The van der Waals surface area contributed by atoms with E-state index in [4.69, 9.17) is 9.84 Å². The van der Waals surface area contributed by atoms with Crippen molar-refractivity contribution in [2.75, 3.05) is 6.61 Å². The molecule has 0 spiro atoms. The fourth-order valence-electron chi connectivity index (χ4n) is 3.93. The number of fused-ring (bicyclic) bond motifs is 3. The Balaban J connectivity index is 1.48. The molecular formula is C24H20FNO4. The number of hydrogen-bond donors (Lipinski definition) is 2. The second-order valence-corrected chi connectivity index (χ2v) is 7.18. The highest BCUT2D eigenvalue weighted by Gasteiger charge is 2.29. The monoisotopic (exact) mass is 405 g/mol. The molecule has 0 fully saturated rings. The molecule has 0 aromatic heterocycles. The van der Waals surface area contributed by atoms with Gasteiger partial charge in [0.25, 0.3) is 0 Å². The van der Waals surface area contributed by atoms with Crippen molar-refractivity contribution in [1.29, 1.82) is 0 Å². The van der Waals surface area contributed by atoms with Gasteiger partial charge in [-0.3, -0.25) is 4.79 Å². The molecule has 3 aromatic carbocycles. The molecule has 4 rings (SSSR count). The van der Waals surface area contributed by atoms with Gasteiger partial charge in [0.1, 0.15) is 12.4 Å². The van der Waals surface area contributed by atoms with Gasteiger partial charge in [-0.1, -0.05) is 60.7 Å². The van der Waals surface area contributed by atoms with Crippen LogP contribution in [0.3, 0.4) is 0 Å². The van der Waals surface area contributed by atoms with Crippen LogP contribution in [0.4, 0.5) is 9.18 Å². The van der Waals surface area contributed by atoms with Crippen molar-refractivity contribution in [2.24, 2.45) is 0 Å². The second kappa shape index (κ2) is 8.37. The zero-order valence-electron chi connectivity index (χ0n) is 16.0. The molecule has 0 heterocycles. The van der Waals surface area contributed by atoms with Crippen LogP contribution in [0.25, 0.3) is 11.1 Å². The van der Waals surface area contributed by atoms with E-state index in [1.165, 1.54) is 18.2 Å². The number of amides is 1. The molecule has 0 bridgehead atoms. The molecule has 5 nitrogen and oxygen atoms in total. The van der Waals surface area contributed by atoms with Gasteiger partial charge in [0.05, 0.1) is 12.5 Å². The summed E-state index contributed by atoms with van der Waals surface area (Å²) >= 11 is 0. The average Bonchev–Trinajstić information content (AvgIpc) is 3.05. The van der Waals surface area contributed by atoms with Crippen molar-refractivity contribution in [3.05, 3.63) is 95.3 Å². The van der Waals surface area contributed by atoms with E-state index in [1.807, 2.05) is 48.5 Å². The number of carboxylic acids is 1. The van der Waals surface area contributed by atoms with Gasteiger partial charge in [-0.15, -0.1) is 0 Å². The Morgan fingerprint density at radius 2 is 1.60 bits per heavy atom. The lowest BCUT2D eigenvalue weighted by Gasteiger charge is -2.19. The molecule has 0 saturated heterocycles. The minimum Gasteiger partial charge on any atom is -0.481 e. The summed E-state index contributed by atoms with van der Waals surface area (Å²) in [6.45, 7) is 0.114. The zero-order valence-corrected chi connectivity index (χ0v) is 16.0. The molecule has 1 unspecified atom stereocenters. The molecule has 1 aliphatic carbocycles. The standard InChI is InChI=1S/C24H20FNO4/c25-16-7-5-6-15(12-16)22(13-23(27)28)26-24(29)30-14-21-19-10-3-1-8-17(19)18-9-2-4-11-20(18)21/h1-12,21-22H,13-14H2,(H,26,29)(H,27,28). The van der Waals surface area contributed by atoms with Gasteiger partial charge in [-0.25, -0.2) is 9.18 Å². The maximum Gasteiger partial charge on any atom is 0.407 e. The van der Waals surface area contributed by atoms with Crippen LogP contribution in [-0.4, -0.2) is 23.8 Å².